The predicted octanol–water partition coefficient (Wildman–Crippen LogP) is -0.292. The van der Waals surface area contributed by atoms with Crippen molar-refractivity contribution in [1.29, 1.82) is 0 Å². The van der Waals surface area contributed by atoms with Gasteiger partial charge in [-0.2, -0.15) is 0 Å². The molecule has 0 aromatic heterocycles. The minimum absolute atomic E-state index is 0.0119. The monoisotopic (exact) mass is 227 g/mol. The van der Waals surface area contributed by atoms with E-state index in [1.165, 1.54) is 4.90 Å². The van der Waals surface area contributed by atoms with Crippen molar-refractivity contribution < 1.29 is 9.59 Å². The number of carbonyl (C=O) groups is 2. The Morgan fingerprint density at radius 2 is 1.81 bits per heavy atom. The molecule has 1 aliphatic carbocycles. The molecule has 0 heterocycles. The highest BCUT2D eigenvalue weighted by atomic mass is 16.2. The molecule has 0 atom stereocenters. The highest BCUT2D eigenvalue weighted by Gasteiger charge is 2.24. The van der Waals surface area contributed by atoms with E-state index < -0.39 is 0 Å². The maximum atomic E-state index is 11.7. The van der Waals surface area contributed by atoms with E-state index in [2.05, 4.69) is 5.32 Å². The average Bonchev–Trinajstić information content (AvgIpc) is 2.26. The van der Waals surface area contributed by atoms with E-state index in [4.69, 9.17) is 5.73 Å². The normalized spacial score (nSPS) is 24.9. The van der Waals surface area contributed by atoms with Gasteiger partial charge in [-0.15, -0.1) is 0 Å². The van der Waals surface area contributed by atoms with E-state index in [0.717, 1.165) is 25.7 Å². The van der Waals surface area contributed by atoms with Crippen LogP contribution < -0.4 is 11.1 Å². The van der Waals surface area contributed by atoms with Gasteiger partial charge < -0.3 is 16.0 Å². The number of nitrogens with two attached hydrogens (primary N) is 1. The molecule has 1 saturated carbocycles. The number of nitrogens with one attached hydrogen (secondary N) is 1. The maximum Gasteiger partial charge on any atom is 0.241 e. The van der Waals surface area contributed by atoms with Crippen LogP contribution in [0.4, 0.5) is 0 Å². The number of hydrogen-bond donors (Lipinski definition) is 2. The van der Waals surface area contributed by atoms with Gasteiger partial charge in [0.2, 0.25) is 11.8 Å². The minimum atomic E-state index is -0.0825. The number of carbonyl (C=O) groups excluding carboxylic acids is 2. The third kappa shape index (κ3) is 3.81. The van der Waals surface area contributed by atoms with E-state index >= 15 is 0 Å². The molecule has 0 spiro atoms. The van der Waals surface area contributed by atoms with E-state index in [-0.39, 0.29) is 30.3 Å². The summed E-state index contributed by atoms with van der Waals surface area (Å²) >= 11 is 0. The smallest absolute Gasteiger partial charge is 0.241 e. The van der Waals surface area contributed by atoms with E-state index in [1.54, 1.807) is 14.1 Å². The molecule has 0 aromatic carbocycles. The predicted molar refractivity (Wildman–Crippen MR) is 61.6 cm³/mol. The quantitative estimate of drug-likeness (QED) is 0.695. The molecule has 92 valence electrons. The second-order valence-electron chi connectivity index (χ2n) is 4.62. The van der Waals surface area contributed by atoms with Crippen LogP contribution in [0.25, 0.3) is 0 Å². The topological polar surface area (TPSA) is 75.4 Å². The molecule has 2 amide bonds. The van der Waals surface area contributed by atoms with Crippen LogP contribution in [0, 0.1) is 5.92 Å². The molecular formula is C11H21N3O2. The molecular weight excluding hydrogens is 206 g/mol. The number of nitrogens with zero attached hydrogens (tertiary/aromatic N) is 1. The van der Waals surface area contributed by atoms with Crippen LogP contribution in [0.15, 0.2) is 0 Å². The van der Waals surface area contributed by atoms with Gasteiger partial charge in [0, 0.05) is 26.1 Å². The molecule has 0 aromatic rings. The molecule has 16 heavy (non-hydrogen) atoms. The van der Waals surface area contributed by atoms with E-state index in [9.17, 15) is 9.59 Å². The van der Waals surface area contributed by atoms with Crippen LogP contribution in [0.5, 0.6) is 0 Å². The van der Waals surface area contributed by atoms with Crippen LogP contribution in [-0.2, 0) is 9.59 Å². The Labute approximate surface area is 96.4 Å². The van der Waals surface area contributed by atoms with Gasteiger partial charge in [0.15, 0.2) is 0 Å². The van der Waals surface area contributed by atoms with Crippen molar-refractivity contribution in [3.8, 4) is 0 Å². The van der Waals surface area contributed by atoms with Gasteiger partial charge in [0.25, 0.3) is 0 Å². The fourth-order valence-electron chi connectivity index (χ4n) is 1.85. The summed E-state index contributed by atoms with van der Waals surface area (Å²) in [7, 11) is 3.35. The van der Waals surface area contributed by atoms with Crippen molar-refractivity contribution in [3.05, 3.63) is 0 Å². The molecule has 5 nitrogen and oxygen atoms in total. The largest absolute Gasteiger partial charge is 0.347 e. The van der Waals surface area contributed by atoms with Gasteiger partial charge in [-0.1, -0.05) is 0 Å². The molecule has 0 bridgehead atoms. The molecule has 3 N–H and O–H groups in total. The van der Waals surface area contributed by atoms with Gasteiger partial charge in [0.1, 0.15) is 0 Å². The van der Waals surface area contributed by atoms with Crippen molar-refractivity contribution in [3.63, 3.8) is 0 Å². The lowest BCUT2D eigenvalue weighted by Crippen LogP contribution is -2.41. The zero-order valence-electron chi connectivity index (χ0n) is 10.0. The Morgan fingerprint density at radius 3 is 2.31 bits per heavy atom. The zero-order chi connectivity index (χ0) is 12.1. The summed E-state index contributed by atoms with van der Waals surface area (Å²) in [5.74, 6) is -0.0577. The van der Waals surface area contributed by atoms with Crippen molar-refractivity contribution in [2.24, 2.45) is 11.7 Å². The lowest BCUT2D eigenvalue weighted by Gasteiger charge is -2.25. The summed E-state index contributed by atoms with van der Waals surface area (Å²) in [5.41, 5.74) is 5.77. The van der Waals surface area contributed by atoms with Gasteiger partial charge in [-0.05, 0) is 25.7 Å². The number of hydrogen-bond acceptors (Lipinski definition) is 3. The van der Waals surface area contributed by atoms with Gasteiger partial charge >= 0.3 is 0 Å². The summed E-state index contributed by atoms with van der Waals surface area (Å²) in [5, 5.41) is 2.68. The number of rotatable bonds is 3. The Hall–Kier alpha value is -1.10. The first-order valence-corrected chi connectivity index (χ1v) is 5.74. The number of likely N-dealkylation sites (N-methyl/N-ethyl adjacent to an activating group) is 1. The van der Waals surface area contributed by atoms with Gasteiger partial charge in [-0.25, -0.2) is 0 Å². The minimum Gasteiger partial charge on any atom is -0.347 e. The first kappa shape index (κ1) is 13.0. The molecule has 0 saturated heterocycles. The summed E-state index contributed by atoms with van der Waals surface area (Å²) in [6, 6.07) is 0.243. The van der Waals surface area contributed by atoms with Gasteiger partial charge in [0.05, 0.1) is 6.54 Å². The van der Waals surface area contributed by atoms with E-state index in [1.807, 2.05) is 0 Å². The SMILES string of the molecule is CN(C)C(=O)CNC(=O)C1CCC(N)CC1. The van der Waals surface area contributed by atoms with Crippen LogP contribution in [-0.4, -0.2) is 43.4 Å². The third-order valence-corrected chi connectivity index (χ3v) is 3.06. The molecule has 0 aliphatic heterocycles. The summed E-state index contributed by atoms with van der Waals surface area (Å²) in [6.45, 7) is 0.0917. The highest BCUT2D eigenvalue weighted by Crippen LogP contribution is 2.22. The van der Waals surface area contributed by atoms with Crippen LogP contribution in [0.1, 0.15) is 25.7 Å². The Bertz CT molecular complexity index is 258. The summed E-state index contributed by atoms with van der Waals surface area (Å²) in [6.07, 6.45) is 3.48. The van der Waals surface area contributed by atoms with Crippen molar-refractivity contribution in [1.82, 2.24) is 10.2 Å². The fraction of sp³-hybridized carbons (Fsp3) is 0.818. The van der Waals surface area contributed by atoms with Crippen LogP contribution in [0.3, 0.4) is 0 Å². The van der Waals surface area contributed by atoms with E-state index in [0.29, 0.717) is 0 Å². The first-order chi connectivity index (χ1) is 7.50. The Morgan fingerprint density at radius 1 is 1.25 bits per heavy atom. The first-order valence-electron chi connectivity index (χ1n) is 5.74. The molecule has 0 radical (unpaired) electrons. The van der Waals surface area contributed by atoms with Gasteiger partial charge in [-0.3, -0.25) is 9.59 Å². The fourth-order valence-corrected chi connectivity index (χ4v) is 1.85. The number of amides is 2. The Kier molecular flexibility index (Phi) is 4.73. The van der Waals surface area contributed by atoms with Crippen molar-refractivity contribution in [2.45, 2.75) is 31.7 Å². The molecule has 1 aliphatic rings. The second kappa shape index (κ2) is 5.84. The van der Waals surface area contributed by atoms with Crippen molar-refractivity contribution in [2.75, 3.05) is 20.6 Å². The van der Waals surface area contributed by atoms with Crippen LogP contribution in [0.2, 0.25) is 0 Å². The average molecular weight is 227 g/mol. The second-order valence-corrected chi connectivity index (χ2v) is 4.62. The molecule has 0 unspecified atom stereocenters. The zero-order valence-corrected chi connectivity index (χ0v) is 10.0. The highest BCUT2D eigenvalue weighted by molar-refractivity contribution is 5.85. The lowest BCUT2D eigenvalue weighted by atomic mass is 9.86. The molecule has 1 rings (SSSR count). The van der Waals surface area contributed by atoms with Crippen LogP contribution >= 0.6 is 0 Å². The third-order valence-electron chi connectivity index (χ3n) is 3.06. The standard InChI is InChI=1S/C11H21N3O2/c1-14(2)10(15)7-13-11(16)8-3-5-9(12)6-4-8/h8-9H,3-7,12H2,1-2H3,(H,13,16). The molecule has 1 fully saturated rings. The summed E-state index contributed by atoms with van der Waals surface area (Å²) in [4.78, 5) is 24.5. The maximum absolute atomic E-state index is 11.7. The molecule has 5 heteroatoms. The lowest BCUT2D eigenvalue weighted by molar-refractivity contribution is -0.132. The Balaban J connectivity index is 2.27. The van der Waals surface area contributed by atoms with Crippen molar-refractivity contribution >= 4 is 11.8 Å². The summed E-state index contributed by atoms with van der Waals surface area (Å²) < 4.78 is 0.